The zero-order valence-corrected chi connectivity index (χ0v) is 14.8. The summed E-state index contributed by atoms with van der Waals surface area (Å²) in [6, 6.07) is 0.547. The molecule has 1 fully saturated rings. The Morgan fingerprint density at radius 3 is 2.76 bits per heavy atom. The van der Waals surface area contributed by atoms with Gasteiger partial charge in [0.05, 0.1) is 12.2 Å². The lowest BCUT2D eigenvalue weighted by atomic mass is 9.92. The van der Waals surface area contributed by atoms with E-state index in [4.69, 9.17) is 10.3 Å². The maximum absolute atomic E-state index is 12.7. The van der Waals surface area contributed by atoms with Crippen LogP contribution in [0.25, 0.3) is 0 Å². The second kappa shape index (κ2) is 7.73. The van der Waals surface area contributed by atoms with Crippen LogP contribution >= 0.6 is 0 Å². The summed E-state index contributed by atoms with van der Waals surface area (Å²) in [5.74, 6) is 0.887. The number of nitrogens with zero attached hydrogens (tertiary/aromatic N) is 6. The largest absolute Gasteiger partial charge is 0.337 e. The molecule has 0 unspecified atom stereocenters. The molecule has 0 spiro atoms. The van der Waals surface area contributed by atoms with E-state index < -0.39 is 0 Å². The molecule has 0 aliphatic heterocycles. The summed E-state index contributed by atoms with van der Waals surface area (Å²) in [6.07, 6.45) is 6.33. The first-order valence-electron chi connectivity index (χ1n) is 8.88. The van der Waals surface area contributed by atoms with E-state index in [0.29, 0.717) is 30.4 Å². The maximum Gasteiger partial charge on any atom is 0.276 e. The van der Waals surface area contributed by atoms with Crippen LogP contribution in [0.1, 0.15) is 67.8 Å². The standard InChI is InChI=1S/C16H25N7O2/c1-3-14-18-15(25-20-14)10-22(4-2)16(24)13-9-23(21-19-13)12-7-5-11(17)6-8-12/h9,11-12H,3-8,10,17H2,1-2H3. The highest BCUT2D eigenvalue weighted by Gasteiger charge is 2.24. The summed E-state index contributed by atoms with van der Waals surface area (Å²) in [5, 5.41) is 12.1. The van der Waals surface area contributed by atoms with Gasteiger partial charge in [0.15, 0.2) is 11.5 Å². The molecule has 9 heteroatoms. The molecule has 0 bridgehead atoms. The number of aryl methyl sites for hydroxylation is 1. The van der Waals surface area contributed by atoms with Crippen molar-refractivity contribution < 1.29 is 9.32 Å². The van der Waals surface area contributed by atoms with Crippen molar-refractivity contribution >= 4 is 5.91 Å². The van der Waals surface area contributed by atoms with E-state index in [1.807, 2.05) is 13.8 Å². The summed E-state index contributed by atoms with van der Waals surface area (Å²) in [5.41, 5.74) is 6.29. The highest BCUT2D eigenvalue weighted by Crippen LogP contribution is 2.26. The molecule has 25 heavy (non-hydrogen) atoms. The van der Waals surface area contributed by atoms with Crippen molar-refractivity contribution in [3.05, 3.63) is 23.6 Å². The van der Waals surface area contributed by atoms with Crippen molar-refractivity contribution in [1.29, 1.82) is 0 Å². The lowest BCUT2D eigenvalue weighted by Crippen LogP contribution is -2.31. The minimum Gasteiger partial charge on any atom is -0.337 e. The van der Waals surface area contributed by atoms with Gasteiger partial charge in [-0.1, -0.05) is 17.3 Å². The average Bonchev–Trinajstić information content (AvgIpc) is 3.29. The van der Waals surface area contributed by atoms with Gasteiger partial charge in [-0.3, -0.25) is 4.79 Å². The fourth-order valence-electron chi connectivity index (χ4n) is 3.07. The van der Waals surface area contributed by atoms with E-state index in [2.05, 4.69) is 20.5 Å². The Kier molecular flexibility index (Phi) is 5.42. The predicted octanol–water partition coefficient (Wildman–Crippen LogP) is 1.33. The summed E-state index contributed by atoms with van der Waals surface area (Å²) < 4.78 is 6.98. The molecule has 2 N–H and O–H groups in total. The van der Waals surface area contributed by atoms with Crippen molar-refractivity contribution in [2.45, 2.75) is 64.6 Å². The van der Waals surface area contributed by atoms with Crippen LogP contribution < -0.4 is 5.73 Å². The SMILES string of the molecule is CCc1noc(CN(CC)C(=O)c2cn(C3CCC(N)CC3)nn2)n1. The molecule has 136 valence electrons. The molecule has 2 aromatic heterocycles. The lowest BCUT2D eigenvalue weighted by molar-refractivity contribution is 0.0728. The minimum atomic E-state index is -0.183. The quantitative estimate of drug-likeness (QED) is 0.838. The third-order valence-corrected chi connectivity index (χ3v) is 4.67. The molecular formula is C16H25N7O2. The van der Waals surface area contributed by atoms with Gasteiger partial charge in [0.2, 0.25) is 5.89 Å². The number of hydrogen-bond donors (Lipinski definition) is 1. The van der Waals surface area contributed by atoms with Crippen molar-refractivity contribution in [1.82, 2.24) is 30.0 Å². The number of nitrogens with two attached hydrogens (primary N) is 1. The summed E-state index contributed by atoms with van der Waals surface area (Å²) in [4.78, 5) is 18.6. The number of rotatable bonds is 6. The lowest BCUT2D eigenvalue weighted by Gasteiger charge is -2.25. The second-order valence-corrected chi connectivity index (χ2v) is 6.43. The Balaban J connectivity index is 1.66. The van der Waals surface area contributed by atoms with Crippen LogP contribution in [0.5, 0.6) is 0 Å². The van der Waals surface area contributed by atoms with Crippen LogP contribution in [0.2, 0.25) is 0 Å². The Labute approximate surface area is 146 Å². The number of amides is 1. The van der Waals surface area contributed by atoms with Crippen molar-refractivity contribution in [3.63, 3.8) is 0 Å². The zero-order valence-electron chi connectivity index (χ0n) is 14.8. The van der Waals surface area contributed by atoms with Crippen molar-refractivity contribution in [3.8, 4) is 0 Å². The van der Waals surface area contributed by atoms with Gasteiger partial charge in [-0.25, -0.2) is 4.68 Å². The molecule has 9 nitrogen and oxygen atoms in total. The first-order chi connectivity index (χ1) is 12.1. The monoisotopic (exact) mass is 347 g/mol. The number of carbonyl (C=O) groups is 1. The highest BCUT2D eigenvalue weighted by atomic mass is 16.5. The van der Waals surface area contributed by atoms with Crippen LogP contribution in [0, 0.1) is 0 Å². The minimum absolute atomic E-state index is 0.183. The molecule has 1 aliphatic rings. The topological polar surface area (TPSA) is 116 Å². The van der Waals surface area contributed by atoms with Gasteiger partial charge >= 0.3 is 0 Å². The molecule has 0 saturated heterocycles. The third kappa shape index (κ3) is 4.04. The van der Waals surface area contributed by atoms with Gasteiger partial charge in [-0.2, -0.15) is 4.98 Å². The van der Waals surface area contributed by atoms with E-state index in [-0.39, 0.29) is 24.5 Å². The normalized spacial score (nSPS) is 20.6. The molecule has 0 aromatic carbocycles. The van der Waals surface area contributed by atoms with E-state index in [1.54, 1.807) is 15.8 Å². The third-order valence-electron chi connectivity index (χ3n) is 4.67. The molecule has 1 aliphatic carbocycles. The fraction of sp³-hybridized carbons (Fsp3) is 0.688. The Hall–Kier alpha value is -2.29. The Morgan fingerprint density at radius 1 is 1.36 bits per heavy atom. The highest BCUT2D eigenvalue weighted by molar-refractivity contribution is 5.91. The van der Waals surface area contributed by atoms with Crippen molar-refractivity contribution in [2.75, 3.05) is 6.54 Å². The molecule has 2 aromatic rings. The predicted molar refractivity (Wildman–Crippen MR) is 89.6 cm³/mol. The second-order valence-electron chi connectivity index (χ2n) is 6.43. The molecule has 0 radical (unpaired) electrons. The van der Waals surface area contributed by atoms with Gasteiger partial charge in [0, 0.05) is 19.0 Å². The van der Waals surface area contributed by atoms with E-state index in [9.17, 15) is 4.79 Å². The first kappa shape index (κ1) is 17.5. The van der Waals surface area contributed by atoms with Gasteiger partial charge in [-0.05, 0) is 32.6 Å². The Bertz CT molecular complexity index is 703. The molecule has 1 saturated carbocycles. The molecular weight excluding hydrogens is 322 g/mol. The summed E-state index contributed by atoms with van der Waals surface area (Å²) in [7, 11) is 0. The van der Waals surface area contributed by atoms with Gasteiger partial charge in [0.25, 0.3) is 5.91 Å². The van der Waals surface area contributed by atoms with Gasteiger partial charge < -0.3 is 15.2 Å². The molecule has 2 heterocycles. The molecule has 1 amide bonds. The van der Waals surface area contributed by atoms with Crippen LogP contribution in [-0.2, 0) is 13.0 Å². The van der Waals surface area contributed by atoms with Crippen LogP contribution in [0.15, 0.2) is 10.7 Å². The van der Waals surface area contributed by atoms with E-state index in [0.717, 1.165) is 25.7 Å². The molecule has 3 rings (SSSR count). The summed E-state index contributed by atoms with van der Waals surface area (Å²) in [6.45, 7) is 4.65. The smallest absolute Gasteiger partial charge is 0.276 e. The van der Waals surface area contributed by atoms with Crippen molar-refractivity contribution in [2.24, 2.45) is 5.73 Å². The Morgan fingerprint density at radius 2 is 2.12 bits per heavy atom. The fourth-order valence-corrected chi connectivity index (χ4v) is 3.07. The first-order valence-corrected chi connectivity index (χ1v) is 8.88. The van der Waals surface area contributed by atoms with Gasteiger partial charge in [-0.15, -0.1) is 5.10 Å². The van der Waals surface area contributed by atoms with E-state index in [1.165, 1.54) is 0 Å². The van der Waals surface area contributed by atoms with Crippen LogP contribution in [0.3, 0.4) is 0 Å². The maximum atomic E-state index is 12.7. The van der Waals surface area contributed by atoms with Crippen LogP contribution in [0.4, 0.5) is 0 Å². The average molecular weight is 347 g/mol. The number of carbonyl (C=O) groups excluding carboxylic acids is 1. The number of aromatic nitrogens is 5. The number of hydrogen-bond acceptors (Lipinski definition) is 7. The van der Waals surface area contributed by atoms with Gasteiger partial charge in [0.1, 0.15) is 6.54 Å². The molecule has 0 atom stereocenters. The van der Waals surface area contributed by atoms with Crippen LogP contribution in [-0.4, -0.2) is 48.5 Å². The van der Waals surface area contributed by atoms with E-state index >= 15 is 0 Å². The summed E-state index contributed by atoms with van der Waals surface area (Å²) >= 11 is 0. The zero-order chi connectivity index (χ0) is 17.8.